The van der Waals surface area contributed by atoms with Crippen LogP contribution < -0.4 is 0 Å². The minimum atomic E-state index is 0.247. The summed E-state index contributed by atoms with van der Waals surface area (Å²) in [7, 11) is 0. The predicted molar refractivity (Wildman–Crippen MR) is 77.9 cm³/mol. The molecule has 0 aliphatic carbocycles. The quantitative estimate of drug-likeness (QED) is 0.441. The minimum Gasteiger partial charge on any atom is -0.293 e. The number of thiophene rings is 1. The summed E-state index contributed by atoms with van der Waals surface area (Å²) in [5.74, 6) is 2.09. The number of carbonyl (C=O) groups excluding carboxylic acids is 1. The van der Waals surface area contributed by atoms with Crippen molar-refractivity contribution in [1.29, 1.82) is 0 Å². The Morgan fingerprint density at radius 2 is 2.39 bits per heavy atom. The molecule has 0 saturated heterocycles. The second-order valence-corrected chi connectivity index (χ2v) is 6.72. The Hall–Kier alpha value is -0.720. The zero-order chi connectivity index (χ0) is 12.8. The lowest BCUT2D eigenvalue weighted by molar-refractivity contribution is 0.0986. The molecule has 0 amide bonds. The Bertz CT molecular complexity index is 493. The fourth-order valence-electron chi connectivity index (χ4n) is 1.39. The van der Waals surface area contributed by atoms with Crippen molar-refractivity contribution in [3.05, 3.63) is 28.2 Å². The maximum atomic E-state index is 11.7. The molecule has 0 aliphatic heterocycles. The van der Waals surface area contributed by atoms with E-state index in [0.717, 1.165) is 33.6 Å². The minimum absolute atomic E-state index is 0.247. The summed E-state index contributed by atoms with van der Waals surface area (Å²) in [5.41, 5.74) is 0. The lowest BCUT2D eigenvalue weighted by atomic mass is 10.2. The molecule has 0 atom stereocenters. The maximum Gasteiger partial charge on any atom is 0.172 e. The molecule has 96 valence electrons. The van der Waals surface area contributed by atoms with Gasteiger partial charge in [0.15, 0.2) is 10.1 Å². The molecule has 0 aromatic carbocycles. The van der Waals surface area contributed by atoms with Gasteiger partial charge in [-0.15, -0.1) is 11.3 Å². The number of aryl methyl sites for hydroxylation is 1. The fraction of sp³-hybridized carbons (Fsp3) is 0.417. The molecular formula is C12H14N2OS3. The van der Waals surface area contributed by atoms with E-state index >= 15 is 0 Å². The van der Waals surface area contributed by atoms with Crippen LogP contribution in [0.5, 0.6) is 0 Å². The summed E-state index contributed by atoms with van der Waals surface area (Å²) in [6.45, 7) is 2.05. The first-order chi connectivity index (χ1) is 8.79. The molecule has 0 radical (unpaired) electrons. The van der Waals surface area contributed by atoms with Crippen molar-refractivity contribution in [2.45, 2.75) is 30.5 Å². The fourth-order valence-corrected chi connectivity index (χ4v) is 3.79. The van der Waals surface area contributed by atoms with Crippen LogP contribution in [0.4, 0.5) is 0 Å². The van der Waals surface area contributed by atoms with Gasteiger partial charge < -0.3 is 0 Å². The van der Waals surface area contributed by atoms with Crippen LogP contribution in [-0.4, -0.2) is 20.9 Å². The van der Waals surface area contributed by atoms with Gasteiger partial charge >= 0.3 is 0 Å². The zero-order valence-corrected chi connectivity index (χ0v) is 12.5. The summed E-state index contributed by atoms with van der Waals surface area (Å²) in [6, 6.07) is 3.80. The van der Waals surface area contributed by atoms with Crippen molar-refractivity contribution in [3.8, 4) is 0 Å². The van der Waals surface area contributed by atoms with Crippen molar-refractivity contribution >= 4 is 40.4 Å². The Labute approximate surface area is 119 Å². The van der Waals surface area contributed by atoms with Crippen LogP contribution in [0.2, 0.25) is 0 Å². The van der Waals surface area contributed by atoms with Crippen molar-refractivity contribution < 1.29 is 4.79 Å². The molecule has 0 unspecified atom stereocenters. The summed E-state index contributed by atoms with van der Waals surface area (Å²) in [4.78, 5) is 17.0. The molecule has 2 aromatic heterocycles. The Kier molecular flexibility index (Phi) is 5.34. The van der Waals surface area contributed by atoms with E-state index in [9.17, 15) is 4.79 Å². The van der Waals surface area contributed by atoms with E-state index < -0.39 is 0 Å². The van der Waals surface area contributed by atoms with Crippen LogP contribution in [0.15, 0.2) is 21.9 Å². The number of rotatable bonds is 7. The van der Waals surface area contributed by atoms with Crippen LogP contribution in [0.1, 0.15) is 35.3 Å². The largest absolute Gasteiger partial charge is 0.293 e. The van der Waals surface area contributed by atoms with Gasteiger partial charge in [-0.3, -0.25) is 4.79 Å². The molecule has 0 aliphatic rings. The monoisotopic (exact) mass is 298 g/mol. The van der Waals surface area contributed by atoms with Crippen LogP contribution in [0.3, 0.4) is 0 Å². The van der Waals surface area contributed by atoms with E-state index in [2.05, 4.69) is 16.3 Å². The van der Waals surface area contributed by atoms with Gasteiger partial charge in [-0.1, -0.05) is 24.8 Å². The summed E-state index contributed by atoms with van der Waals surface area (Å²) in [6.07, 6.45) is 2.39. The third-order valence-corrected chi connectivity index (χ3v) is 5.20. The van der Waals surface area contributed by atoms with Gasteiger partial charge in [0.05, 0.1) is 4.88 Å². The second kappa shape index (κ2) is 7.01. The lowest BCUT2D eigenvalue weighted by Gasteiger charge is -1.97. The molecule has 0 spiro atoms. The molecule has 2 aromatic rings. The number of thioether (sulfide) groups is 1. The summed E-state index contributed by atoms with van der Waals surface area (Å²) >= 11 is 4.66. The smallest absolute Gasteiger partial charge is 0.172 e. The summed E-state index contributed by atoms with van der Waals surface area (Å²) < 4.78 is 5.24. The molecule has 2 rings (SSSR count). The van der Waals surface area contributed by atoms with Crippen molar-refractivity contribution in [3.63, 3.8) is 0 Å². The number of hydrogen-bond donors (Lipinski definition) is 0. The molecule has 0 saturated carbocycles. The third kappa shape index (κ3) is 3.90. The van der Waals surface area contributed by atoms with E-state index in [0.29, 0.717) is 6.42 Å². The molecule has 0 bridgehead atoms. The van der Waals surface area contributed by atoms with Gasteiger partial charge in [-0.2, -0.15) is 4.37 Å². The van der Waals surface area contributed by atoms with Crippen molar-refractivity contribution in [1.82, 2.24) is 9.36 Å². The molecule has 0 fully saturated rings. The standard InChI is InChI=1S/C12H14N2OS3/c1-2-11-13-12(18-14-11)17-8-3-5-9(15)10-6-4-7-16-10/h4,6-7H,2-3,5,8H2,1H3. The number of Topliss-reactive ketones (excluding diaryl/α,β-unsaturated/α-hetero) is 1. The Balaban J connectivity index is 1.68. The van der Waals surface area contributed by atoms with Gasteiger partial charge in [0.2, 0.25) is 0 Å². The molecule has 2 heterocycles. The van der Waals surface area contributed by atoms with Crippen LogP contribution >= 0.6 is 34.6 Å². The second-order valence-electron chi connectivity index (χ2n) is 3.68. The average Bonchev–Trinajstić information content (AvgIpc) is 3.05. The first-order valence-corrected chi connectivity index (χ1v) is 8.45. The molecular weight excluding hydrogens is 284 g/mol. The Morgan fingerprint density at radius 3 is 3.06 bits per heavy atom. The predicted octanol–water partition coefficient (Wildman–Crippen LogP) is 3.92. The van der Waals surface area contributed by atoms with E-state index in [4.69, 9.17) is 0 Å². The molecule has 18 heavy (non-hydrogen) atoms. The van der Waals surface area contributed by atoms with E-state index in [1.165, 1.54) is 22.9 Å². The van der Waals surface area contributed by atoms with Gasteiger partial charge in [0.25, 0.3) is 0 Å². The molecule has 3 nitrogen and oxygen atoms in total. The lowest BCUT2D eigenvalue weighted by Crippen LogP contribution is -1.96. The van der Waals surface area contributed by atoms with Gasteiger partial charge in [0.1, 0.15) is 5.82 Å². The molecule has 6 heteroatoms. The van der Waals surface area contributed by atoms with Crippen molar-refractivity contribution in [2.24, 2.45) is 0 Å². The zero-order valence-electron chi connectivity index (χ0n) is 10.1. The van der Waals surface area contributed by atoms with E-state index in [-0.39, 0.29) is 5.78 Å². The highest BCUT2D eigenvalue weighted by atomic mass is 32.2. The van der Waals surface area contributed by atoms with Gasteiger partial charge in [-0.05, 0) is 29.4 Å². The van der Waals surface area contributed by atoms with Crippen molar-refractivity contribution in [2.75, 3.05) is 5.75 Å². The number of aromatic nitrogens is 2. The third-order valence-electron chi connectivity index (χ3n) is 2.34. The number of ketones is 1. The van der Waals surface area contributed by atoms with E-state index in [1.807, 2.05) is 17.5 Å². The van der Waals surface area contributed by atoms with Gasteiger partial charge in [0, 0.05) is 18.6 Å². The Morgan fingerprint density at radius 1 is 1.50 bits per heavy atom. The first kappa shape index (κ1) is 13.7. The highest BCUT2D eigenvalue weighted by Gasteiger charge is 2.07. The average molecular weight is 298 g/mol. The number of nitrogens with zero attached hydrogens (tertiary/aromatic N) is 2. The van der Waals surface area contributed by atoms with Crippen LogP contribution in [0, 0.1) is 0 Å². The maximum absolute atomic E-state index is 11.7. The summed E-state index contributed by atoms with van der Waals surface area (Å²) in [5, 5.41) is 1.94. The normalized spacial score (nSPS) is 10.7. The van der Waals surface area contributed by atoms with E-state index in [1.54, 1.807) is 11.8 Å². The first-order valence-electron chi connectivity index (χ1n) is 5.81. The number of carbonyl (C=O) groups is 1. The highest BCUT2D eigenvalue weighted by molar-refractivity contribution is 8.00. The number of hydrogen-bond acceptors (Lipinski definition) is 6. The molecule has 0 N–H and O–H groups in total. The van der Waals surface area contributed by atoms with Crippen LogP contribution in [0.25, 0.3) is 0 Å². The topological polar surface area (TPSA) is 42.9 Å². The SMILES string of the molecule is CCc1nsc(SCCCC(=O)c2cccs2)n1. The van der Waals surface area contributed by atoms with Crippen LogP contribution in [-0.2, 0) is 6.42 Å². The van der Waals surface area contributed by atoms with Gasteiger partial charge in [-0.25, -0.2) is 4.98 Å². The highest BCUT2D eigenvalue weighted by Crippen LogP contribution is 2.22.